The Balaban J connectivity index is 3.19. The average molecular weight is 191 g/mol. The maximum absolute atomic E-state index is 12.3. The molecule has 0 fully saturated rings. The van der Waals surface area contributed by atoms with Crippen molar-refractivity contribution in [2.45, 2.75) is 32.5 Å². The zero-order valence-corrected chi connectivity index (χ0v) is 7.61. The van der Waals surface area contributed by atoms with Gasteiger partial charge in [0.1, 0.15) is 0 Å². The van der Waals surface area contributed by atoms with Gasteiger partial charge in [0.2, 0.25) is 0 Å². The lowest BCUT2D eigenvalue weighted by molar-refractivity contribution is -0.146. The summed E-state index contributed by atoms with van der Waals surface area (Å²) in [5.74, 6) is 0. The summed E-state index contributed by atoms with van der Waals surface area (Å²) >= 11 is 0. The molecule has 0 aromatic carbocycles. The van der Waals surface area contributed by atoms with Crippen molar-refractivity contribution in [1.29, 1.82) is 0 Å². The van der Waals surface area contributed by atoms with Crippen LogP contribution in [-0.4, -0.2) is 9.78 Å². The fourth-order valence-corrected chi connectivity index (χ4v) is 0.977. The summed E-state index contributed by atoms with van der Waals surface area (Å²) in [4.78, 5) is 0. The molecule has 0 saturated heterocycles. The molecular weight excluding hydrogens is 181 g/mol. The molecule has 1 radical (unpaired) electrons. The van der Waals surface area contributed by atoms with Crippen LogP contribution in [0.15, 0.2) is 6.20 Å². The maximum atomic E-state index is 12.3. The summed E-state index contributed by atoms with van der Waals surface area (Å²) in [5, 5.41) is 3.60. The van der Waals surface area contributed by atoms with Crippen molar-refractivity contribution < 1.29 is 13.2 Å². The first-order valence-corrected chi connectivity index (χ1v) is 3.76. The maximum Gasteiger partial charge on any atom is 0.433 e. The van der Waals surface area contributed by atoms with Crippen molar-refractivity contribution >= 4 is 0 Å². The molecule has 0 amide bonds. The van der Waals surface area contributed by atoms with Crippen LogP contribution in [0.2, 0.25) is 0 Å². The zero-order chi connectivity index (χ0) is 10.3. The molecule has 0 bridgehead atoms. The quantitative estimate of drug-likeness (QED) is 0.615. The van der Waals surface area contributed by atoms with E-state index in [-0.39, 0.29) is 0 Å². The molecule has 0 aliphatic rings. The van der Waals surface area contributed by atoms with E-state index in [9.17, 15) is 13.2 Å². The van der Waals surface area contributed by atoms with Gasteiger partial charge >= 0.3 is 6.18 Å². The summed E-state index contributed by atoms with van der Waals surface area (Å²) < 4.78 is 37.9. The van der Waals surface area contributed by atoms with Crippen LogP contribution >= 0.6 is 0 Å². The van der Waals surface area contributed by atoms with Gasteiger partial charge in [-0.05, 0) is 20.8 Å². The molecular formula is C8H10F3N2. The number of hydrogen-bond donors (Lipinski definition) is 0. The Morgan fingerprint density at radius 1 is 1.31 bits per heavy atom. The third-order valence-corrected chi connectivity index (χ3v) is 1.49. The lowest BCUT2D eigenvalue weighted by Crippen LogP contribution is -2.28. The number of nitrogens with zero attached hydrogens (tertiary/aromatic N) is 2. The molecule has 1 aromatic rings. The van der Waals surface area contributed by atoms with Crippen LogP contribution in [0.5, 0.6) is 0 Å². The van der Waals surface area contributed by atoms with Crippen LogP contribution in [0.3, 0.4) is 0 Å². The van der Waals surface area contributed by atoms with Crippen LogP contribution in [0, 0.1) is 6.07 Å². The second-order valence-electron chi connectivity index (χ2n) is 3.72. The van der Waals surface area contributed by atoms with Crippen LogP contribution in [0.25, 0.3) is 0 Å². The number of aromatic nitrogens is 2. The monoisotopic (exact) mass is 191 g/mol. The SMILES string of the molecule is CC(C)(C)n1nc[c]c1C(F)(F)F. The largest absolute Gasteiger partial charge is 0.433 e. The van der Waals surface area contributed by atoms with E-state index in [1.54, 1.807) is 20.8 Å². The van der Waals surface area contributed by atoms with E-state index >= 15 is 0 Å². The highest BCUT2D eigenvalue weighted by atomic mass is 19.4. The van der Waals surface area contributed by atoms with E-state index in [4.69, 9.17) is 0 Å². The van der Waals surface area contributed by atoms with Crippen LogP contribution in [0.4, 0.5) is 13.2 Å². The zero-order valence-electron chi connectivity index (χ0n) is 7.61. The molecule has 0 aliphatic carbocycles. The molecule has 2 nitrogen and oxygen atoms in total. The summed E-state index contributed by atoms with van der Waals surface area (Å²) in [7, 11) is 0. The van der Waals surface area contributed by atoms with Crippen LogP contribution in [0.1, 0.15) is 26.5 Å². The van der Waals surface area contributed by atoms with Gasteiger partial charge in [-0.25, -0.2) is 0 Å². The van der Waals surface area contributed by atoms with Gasteiger partial charge < -0.3 is 0 Å². The van der Waals surface area contributed by atoms with Crippen molar-refractivity contribution in [2.75, 3.05) is 0 Å². The first-order chi connectivity index (χ1) is 5.73. The second-order valence-corrected chi connectivity index (χ2v) is 3.72. The molecule has 0 spiro atoms. The predicted octanol–water partition coefficient (Wildman–Crippen LogP) is 2.46. The van der Waals surface area contributed by atoms with E-state index in [0.717, 1.165) is 10.9 Å². The van der Waals surface area contributed by atoms with Crippen LogP contribution in [-0.2, 0) is 11.7 Å². The Kier molecular flexibility index (Phi) is 2.13. The van der Waals surface area contributed by atoms with E-state index in [1.165, 1.54) is 0 Å². The molecule has 13 heavy (non-hydrogen) atoms. The minimum Gasteiger partial charge on any atom is -0.255 e. The Morgan fingerprint density at radius 2 is 1.85 bits per heavy atom. The van der Waals surface area contributed by atoms with Crippen molar-refractivity contribution in [2.24, 2.45) is 0 Å². The van der Waals surface area contributed by atoms with Gasteiger partial charge in [-0.2, -0.15) is 18.3 Å². The highest BCUT2D eigenvalue weighted by molar-refractivity contribution is 5.05. The smallest absolute Gasteiger partial charge is 0.255 e. The number of hydrogen-bond acceptors (Lipinski definition) is 1. The van der Waals surface area contributed by atoms with Gasteiger partial charge in [0.05, 0.1) is 11.7 Å². The highest BCUT2D eigenvalue weighted by Gasteiger charge is 2.37. The Bertz CT molecular complexity index is 265. The summed E-state index contributed by atoms with van der Waals surface area (Å²) in [6, 6.07) is 2.08. The van der Waals surface area contributed by atoms with Crippen molar-refractivity contribution in [3.05, 3.63) is 18.0 Å². The molecule has 0 N–H and O–H groups in total. The molecule has 73 valence electrons. The molecule has 0 saturated carbocycles. The number of rotatable bonds is 0. The molecule has 1 heterocycles. The van der Waals surface area contributed by atoms with Gasteiger partial charge in [0, 0.05) is 6.07 Å². The van der Waals surface area contributed by atoms with Gasteiger partial charge in [-0.1, -0.05) is 0 Å². The lowest BCUT2D eigenvalue weighted by atomic mass is 10.1. The first kappa shape index (κ1) is 10.1. The number of halogens is 3. The minimum atomic E-state index is -4.39. The molecule has 0 unspecified atom stereocenters. The first-order valence-electron chi connectivity index (χ1n) is 3.76. The molecule has 0 aliphatic heterocycles. The third-order valence-electron chi connectivity index (χ3n) is 1.49. The average Bonchev–Trinajstić information content (AvgIpc) is 2.27. The second kappa shape index (κ2) is 2.75. The van der Waals surface area contributed by atoms with Crippen molar-refractivity contribution in [3.8, 4) is 0 Å². The third kappa shape index (κ3) is 2.02. The van der Waals surface area contributed by atoms with Gasteiger partial charge in [-0.3, -0.25) is 4.68 Å². The lowest BCUT2D eigenvalue weighted by Gasteiger charge is -2.22. The van der Waals surface area contributed by atoms with Gasteiger partial charge in [-0.15, -0.1) is 0 Å². The van der Waals surface area contributed by atoms with E-state index in [2.05, 4.69) is 11.2 Å². The van der Waals surface area contributed by atoms with E-state index in [1.807, 2.05) is 0 Å². The fraction of sp³-hybridized carbons (Fsp3) is 0.625. The van der Waals surface area contributed by atoms with Crippen molar-refractivity contribution in [1.82, 2.24) is 9.78 Å². The fourth-order valence-electron chi connectivity index (χ4n) is 0.977. The highest BCUT2D eigenvalue weighted by Crippen LogP contribution is 2.31. The topological polar surface area (TPSA) is 17.8 Å². The summed E-state index contributed by atoms with van der Waals surface area (Å²) in [6.07, 6.45) is -3.35. The van der Waals surface area contributed by atoms with Crippen molar-refractivity contribution in [3.63, 3.8) is 0 Å². The number of alkyl halides is 3. The van der Waals surface area contributed by atoms with Crippen LogP contribution < -0.4 is 0 Å². The predicted molar refractivity (Wildman–Crippen MR) is 41.1 cm³/mol. The van der Waals surface area contributed by atoms with Gasteiger partial charge in [0.15, 0.2) is 5.69 Å². The Hall–Kier alpha value is -1.00. The normalized spacial score (nSPS) is 13.4. The van der Waals surface area contributed by atoms with E-state index in [0.29, 0.717) is 0 Å². The molecule has 1 rings (SSSR count). The Morgan fingerprint density at radius 3 is 2.15 bits per heavy atom. The Labute approximate surface area is 74.4 Å². The summed E-state index contributed by atoms with van der Waals surface area (Å²) in [5.41, 5.74) is -1.51. The molecule has 1 aromatic heterocycles. The standard InChI is InChI=1S/C8H10F3N2/c1-7(2,3)13-6(4-5-12-13)8(9,10)11/h5H,1-3H3. The minimum absolute atomic E-state index is 0.676. The van der Waals surface area contributed by atoms with E-state index < -0.39 is 17.4 Å². The molecule has 0 atom stereocenters. The molecule has 5 heteroatoms. The summed E-state index contributed by atoms with van der Waals surface area (Å²) in [6.45, 7) is 4.97. The van der Waals surface area contributed by atoms with Gasteiger partial charge in [0.25, 0.3) is 0 Å².